The van der Waals surface area contributed by atoms with Crippen molar-refractivity contribution in [2.75, 3.05) is 6.61 Å². The van der Waals surface area contributed by atoms with E-state index < -0.39 is 6.00 Å². The quantitative estimate of drug-likeness (QED) is 0.233. The van der Waals surface area contributed by atoms with Crippen LogP contribution in [0.1, 0.15) is 69.8 Å². The minimum atomic E-state index is -2.50. The summed E-state index contributed by atoms with van der Waals surface area (Å²) >= 11 is 17.6. The Kier molecular flexibility index (Phi) is 8.77. The summed E-state index contributed by atoms with van der Waals surface area (Å²) in [5, 5.41) is 0. The highest BCUT2D eigenvalue weighted by Gasteiger charge is 2.24. The minimum Gasteiger partial charge on any atom is -0.494 e. The molecule has 24 heavy (non-hydrogen) atoms. The van der Waals surface area contributed by atoms with E-state index in [1.165, 1.54) is 50.5 Å². The van der Waals surface area contributed by atoms with Gasteiger partial charge in [0.05, 0.1) is 6.61 Å². The van der Waals surface area contributed by atoms with Crippen molar-refractivity contribution in [2.24, 2.45) is 5.92 Å². The SMILES string of the molecule is CCCCC1CCC(c2ccc(OCCC[Si](Cl)(Cl)Cl)cc2)CC1. The van der Waals surface area contributed by atoms with E-state index in [9.17, 15) is 0 Å². The highest BCUT2D eigenvalue weighted by Crippen LogP contribution is 2.38. The first-order valence-corrected chi connectivity index (χ1v) is 14.5. The lowest BCUT2D eigenvalue weighted by Gasteiger charge is -2.28. The van der Waals surface area contributed by atoms with Crippen molar-refractivity contribution in [1.82, 2.24) is 0 Å². The first kappa shape index (κ1) is 20.4. The van der Waals surface area contributed by atoms with E-state index in [1.807, 2.05) is 0 Å². The zero-order valence-electron chi connectivity index (χ0n) is 14.6. The summed E-state index contributed by atoms with van der Waals surface area (Å²) in [5.74, 6) is 2.61. The van der Waals surface area contributed by atoms with Crippen molar-refractivity contribution in [3.63, 3.8) is 0 Å². The Hall–Kier alpha value is 0.107. The Labute approximate surface area is 162 Å². The van der Waals surface area contributed by atoms with Crippen molar-refractivity contribution in [2.45, 2.75) is 70.3 Å². The largest absolute Gasteiger partial charge is 0.494 e. The molecule has 0 saturated heterocycles. The topological polar surface area (TPSA) is 9.23 Å². The summed E-state index contributed by atoms with van der Waals surface area (Å²) in [7, 11) is 0. The first-order valence-electron chi connectivity index (χ1n) is 9.27. The average molecular weight is 408 g/mol. The summed E-state index contributed by atoms with van der Waals surface area (Å²) in [6, 6.07) is 6.79. The standard InChI is InChI=1S/C19H29Cl3OSi/c1-2-3-5-16-6-8-17(9-7-16)18-10-12-19(13-11-18)23-14-4-15-24(20,21)22/h10-13,16-17H,2-9,14-15H2,1H3. The lowest BCUT2D eigenvalue weighted by Crippen LogP contribution is -2.13. The number of halogens is 3. The zero-order valence-corrected chi connectivity index (χ0v) is 17.8. The second-order valence-electron chi connectivity index (χ2n) is 7.00. The summed E-state index contributed by atoms with van der Waals surface area (Å²) in [4.78, 5) is 0. The highest BCUT2D eigenvalue weighted by molar-refractivity contribution is 7.64. The van der Waals surface area contributed by atoms with Gasteiger partial charge in [0.15, 0.2) is 0 Å². The van der Waals surface area contributed by atoms with Crippen molar-refractivity contribution < 1.29 is 4.74 Å². The Morgan fingerprint density at radius 3 is 2.25 bits per heavy atom. The van der Waals surface area contributed by atoms with Crippen LogP contribution in [-0.4, -0.2) is 12.6 Å². The summed E-state index contributed by atoms with van der Waals surface area (Å²) in [6.45, 7) is 2.90. The molecule has 0 amide bonds. The van der Waals surface area contributed by atoms with Crippen LogP contribution in [0.4, 0.5) is 0 Å². The van der Waals surface area contributed by atoms with Gasteiger partial charge in [0.25, 0.3) is 0 Å². The molecule has 1 aliphatic carbocycles. The maximum Gasteiger partial charge on any atom is 0.341 e. The molecular weight excluding hydrogens is 379 g/mol. The van der Waals surface area contributed by atoms with E-state index in [0.29, 0.717) is 12.7 Å². The predicted octanol–water partition coefficient (Wildman–Crippen LogP) is 7.57. The van der Waals surface area contributed by atoms with Gasteiger partial charge in [-0.2, -0.15) is 0 Å². The van der Waals surface area contributed by atoms with E-state index in [2.05, 4.69) is 31.2 Å². The van der Waals surface area contributed by atoms with Gasteiger partial charge in [-0.3, -0.25) is 0 Å². The van der Waals surface area contributed by atoms with E-state index in [-0.39, 0.29) is 0 Å². The monoisotopic (exact) mass is 406 g/mol. The molecule has 1 fully saturated rings. The molecule has 1 nitrogen and oxygen atoms in total. The van der Waals surface area contributed by atoms with Gasteiger partial charge in [-0.25, -0.2) is 0 Å². The lowest BCUT2D eigenvalue weighted by molar-refractivity contribution is 0.303. The van der Waals surface area contributed by atoms with E-state index in [1.54, 1.807) is 0 Å². The molecule has 1 aliphatic rings. The van der Waals surface area contributed by atoms with Gasteiger partial charge < -0.3 is 4.74 Å². The average Bonchev–Trinajstić information content (AvgIpc) is 2.57. The molecule has 0 radical (unpaired) electrons. The van der Waals surface area contributed by atoms with Crippen molar-refractivity contribution in [3.8, 4) is 5.75 Å². The smallest absolute Gasteiger partial charge is 0.341 e. The van der Waals surface area contributed by atoms with Crippen molar-refractivity contribution in [1.29, 1.82) is 0 Å². The fourth-order valence-electron chi connectivity index (χ4n) is 3.58. The van der Waals surface area contributed by atoms with Crippen LogP contribution in [0.15, 0.2) is 24.3 Å². The molecule has 0 N–H and O–H groups in total. The molecule has 1 aromatic carbocycles. The van der Waals surface area contributed by atoms with Gasteiger partial charge in [0, 0.05) is 0 Å². The number of benzene rings is 1. The van der Waals surface area contributed by atoms with Gasteiger partial charge in [0.1, 0.15) is 5.75 Å². The molecule has 2 rings (SSSR count). The zero-order chi connectivity index (χ0) is 17.4. The van der Waals surface area contributed by atoms with Crippen LogP contribution < -0.4 is 4.74 Å². The molecule has 0 bridgehead atoms. The fraction of sp³-hybridized carbons (Fsp3) is 0.684. The van der Waals surface area contributed by atoms with Gasteiger partial charge in [-0.15, -0.1) is 33.2 Å². The van der Waals surface area contributed by atoms with Crippen molar-refractivity contribution >= 4 is 39.2 Å². The maximum absolute atomic E-state index is 5.87. The molecule has 0 atom stereocenters. The molecule has 136 valence electrons. The van der Waals surface area contributed by atoms with Gasteiger partial charge in [0.2, 0.25) is 0 Å². The van der Waals surface area contributed by atoms with Gasteiger partial charge in [-0.1, -0.05) is 38.3 Å². The van der Waals surface area contributed by atoms with Crippen LogP contribution in [0.5, 0.6) is 5.75 Å². The number of hydrogen-bond acceptors (Lipinski definition) is 1. The maximum atomic E-state index is 5.87. The Morgan fingerprint density at radius 1 is 1.00 bits per heavy atom. The third-order valence-corrected chi connectivity index (χ3v) is 7.66. The Morgan fingerprint density at radius 2 is 1.67 bits per heavy atom. The summed E-state index contributed by atoms with van der Waals surface area (Å²) in [5.41, 5.74) is 1.46. The molecule has 0 heterocycles. The van der Waals surface area contributed by atoms with Crippen molar-refractivity contribution in [3.05, 3.63) is 29.8 Å². The molecule has 5 heteroatoms. The second-order valence-corrected chi connectivity index (χ2v) is 16.3. The van der Waals surface area contributed by atoms with Crippen LogP contribution in [0.25, 0.3) is 0 Å². The fourth-order valence-corrected chi connectivity index (χ4v) is 5.32. The molecule has 0 spiro atoms. The number of hydrogen-bond donors (Lipinski definition) is 0. The van der Waals surface area contributed by atoms with Crippen LogP contribution in [0.2, 0.25) is 6.04 Å². The second kappa shape index (κ2) is 10.3. The summed E-state index contributed by atoms with van der Waals surface area (Å²) in [6.07, 6.45) is 10.4. The number of rotatable bonds is 9. The molecule has 1 saturated carbocycles. The molecule has 0 aliphatic heterocycles. The first-order chi connectivity index (χ1) is 11.5. The Balaban J connectivity index is 1.72. The molecule has 0 unspecified atom stereocenters. The predicted molar refractivity (Wildman–Crippen MR) is 109 cm³/mol. The normalized spacial score (nSPS) is 21.7. The van der Waals surface area contributed by atoms with E-state index in [0.717, 1.165) is 24.0 Å². The van der Waals surface area contributed by atoms with Gasteiger partial charge >= 0.3 is 6.00 Å². The number of unbranched alkanes of at least 4 members (excludes halogenated alkanes) is 1. The summed E-state index contributed by atoms with van der Waals surface area (Å²) < 4.78 is 5.75. The minimum absolute atomic E-state index is 0.614. The van der Waals surface area contributed by atoms with Gasteiger partial charge in [-0.05, 0) is 67.7 Å². The molecule has 1 aromatic rings. The van der Waals surface area contributed by atoms with E-state index in [4.69, 9.17) is 38.0 Å². The Bertz CT molecular complexity index is 464. The number of ether oxygens (including phenoxy) is 1. The third-order valence-electron chi connectivity index (χ3n) is 5.04. The third kappa shape index (κ3) is 7.55. The van der Waals surface area contributed by atoms with Crippen LogP contribution in [0.3, 0.4) is 0 Å². The lowest BCUT2D eigenvalue weighted by atomic mass is 9.77. The van der Waals surface area contributed by atoms with Crippen LogP contribution in [-0.2, 0) is 0 Å². The molecule has 0 aromatic heterocycles. The van der Waals surface area contributed by atoms with Crippen LogP contribution in [0, 0.1) is 5.92 Å². The highest BCUT2D eigenvalue weighted by atomic mass is 35.8. The molecular formula is C19H29Cl3OSi. The van der Waals surface area contributed by atoms with Crippen LogP contribution >= 0.6 is 33.2 Å². The van der Waals surface area contributed by atoms with E-state index >= 15 is 0 Å².